The van der Waals surface area contributed by atoms with E-state index in [1.165, 1.54) is 25.5 Å². The summed E-state index contributed by atoms with van der Waals surface area (Å²) < 4.78 is 38.8. The Hall–Kier alpha value is -0.400. The zero-order valence-corrected chi connectivity index (χ0v) is 8.24. The molecule has 0 unspecified atom stereocenters. The molecule has 0 saturated carbocycles. The molecule has 0 aliphatic heterocycles. The molecule has 0 atom stereocenters. The van der Waals surface area contributed by atoms with Crippen LogP contribution < -0.4 is 4.72 Å². The van der Waals surface area contributed by atoms with Crippen molar-refractivity contribution in [2.24, 2.45) is 0 Å². The Kier molecular flexibility index (Phi) is 4.08. The zero-order valence-electron chi connectivity index (χ0n) is 7.43. The van der Waals surface area contributed by atoms with Crippen molar-refractivity contribution in [1.82, 2.24) is 4.72 Å². The Bertz CT molecular complexity index is 193. The van der Waals surface area contributed by atoms with Gasteiger partial charge in [0.1, 0.15) is 5.60 Å². The molecule has 0 aromatic rings. The molecule has 13 heavy (non-hydrogen) atoms. The fourth-order valence-corrected chi connectivity index (χ4v) is 0.639. The zero-order chi connectivity index (χ0) is 10.7. The number of esters is 1. The highest BCUT2D eigenvalue weighted by Crippen LogP contribution is 2.18. The molecule has 0 amide bonds. The summed E-state index contributed by atoms with van der Waals surface area (Å²) in [4.78, 5) is 10.7. The maximum absolute atomic E-state index is 12.6. The lowest BCUT2D eigenvalue weighted by Crippen LogP contribution is -2.44. The fourth-order valence-electron chi connectivity index (χ4n) is 0.441. The third-order valence-electron chi connectivity index (χ3n) is 0.829. The Balaban J connectivity index is 4.25. The van der Waals surface area contributed by atoms with Gasteiger partial charge in [0.2, 0.25) is 0 Å². The van der Waals surface area contributed by atoms with Crippen LogP contribution in [0.25, 0.3) is 0 Å². The van der Waals surface area contributed by atoms with Gasteiger partial charge in [0.25, 0.3) is 0 Å². The minimum absolute atomic E-state index is 0.338. The molecule has 0 saturated heterocycles. The van der Waals surface area contributed by atoms with E-state index in [0.29, 0.717) is 0 Å². The lowest BCUT2D eigenvalue weighted by molar-refractivity contribution is -0.185. The van der Waals surface area contributed by atoms with Crippen molar-refractivity contribution in [2.45, 2.75) is 32.4 Å². The van der Waals surface area contributed by atoms with Crippen LogP contribution in [0.3, 0.4) is 0 Å². The van der Waals surface area contributed by atoms with E-state index in [0.717, 1.165) is 0 Å². The molecule has 0 aromatic heterocycles. The van der Waals surface area contributed by atoms with Crippen LogP contribution in [0, 0.1) is 0 Å². The summed E-state index contributed by atoms with van der Waals surface area (Å²) >= 11 is -0.338. The van der Waals surface area contributed by atoms with Gasteiger partial charge in [-0.1, -0.05) is 0 Å². The summed E-state index contributed by atoms with van der Waals surface area (Å²) in [6, 6.07) is -3.88. The van der Waals surface area contributed by atoms with E-state index < -0.39 is 17.6 Å². The molecule has 7 heteroatoms. The number of carbonyl (C=O) groups excluding carboxylic acids is 1. The van der Waals surface area contributed by atoms with Crippen molar-refractivity contribution >= 4 is 18.2 Å². The Morgan fingerprint density at radius 1 is 1.46 bits per heavy atom. The third-order valence-corrected chi connectivity index (χ3v) is 1.18. The summed E-state index contributed by atoms with van der Waals surface area (Å²) in [5, 5.41) is 0. The SMILES string of the molecule is CC(C)(C)OC(=O)C(F)(F)NSO. The lowest BCUT2D eigenvalue weighted by atomic mass is 10.2. The number of hydrogen-bond donors (Lipinski definition) is 2. The second-order valence-electron chi connectivity index (χ2n) is 3.27. The molecule has 2 N–H and O–H groups in total. The topological polar surface area (TPSA) is 58.6 Å². The van der Waals surface area contributed by atoms with Gasteiger partial charge >= 0.3 is 12.0 Å². The average molecular weight is 215 g/mol. The predicted molar refractivity (Wildman–Crippen MR) is 44.1 cm³/mol. The summed E-state index contributed by atoms with van der Waals surface area (Å²) in [7, 11) is 0. The highest BCUT2D eigenvalue weighted by atomic mass is 32.2. The van der Waals surface area contributed by atoms with Gasteiger partial charge in [-0.05, 0) is 20.8 Å². The predicted octanol–water partition coefficient (Wildman–Crippen LogP) is 1.63. The lowest BCUT2D eigenvalue weighted by Gasteiger charge is -2.22. The van der Waals surface area contributed by atoms with Crippen molar-refractivity contribution in [3.8, 4) is 0 Å². The molecule has 0 rings (SSSR count). The van der Waals surface area contributed by atoms with Crippen LogP contribution in [0.15, 0.2) is 0 Å². The molecule has 0 radical (unpaired) electrons. The minimum atomic E-state index is -3.88. The highest BCUT2D eigenvalue weighted by molar-refractivity contribution is 7.91. The van der Waals surface area contributed by atoms with Crippen molar-refractivity contribution in [1.29, 1.82) is 0 Å². The summed E-state index contributed by atoms with van der Waals surface area (Å²) in [6.45, 7) is 4.40. The first kappa shape index (κ1) is 12.6. The summed E-state index contributed by atoms with van der Waals surface area (Å²) in [5.74, 6) is -1.72. The smallest absolute Gasteiger partial charge is 0.409 e. The number of nitrogens with one attached hydrogen (secondary N) is 1. The molecule has 0 heterocycles. The molecule has 0 spiro atoms. The number of halogens is 2. The molecule has 0 aliphatic carbocycles. The largest absolute Gasteiger partial charge is 0.454 e. The van der Waals surface area contributed by atoms with E-state index in [4.69, 9.17) is 4.55 Å². The van der Waals surface area contributed by atoms with Crippen LogP contribution in [-0.2, 0) is 9.53 Å². The van der Waals surface area contributed by atoms with Crippen molar-refractivity contribution < 1.29 is 22.9 Å². The second kappa shape index (κ2) is 4.21. The van der Waals surface area contributed by atoms with Gasteiger partial charge in [-0.3, -0.25) is 0 Å². The molecule has 0 aromatic carbocycles. The standard InChI is InChI=1S/C6H11F2NO3S/c1-5(2,3)12-4(10)6(7,8)9-13-11/h9,11H,1-3H3. The van der Waals surface area contributed by atoms with E-state index >= 15 is 0 Å². The van der Waals surface area contributed by atoms with Crippen LogP contribution in [0.5, 0.6) is 0 Å². The van der Waals surface area contributed by atoms with E-state index in [1.54, 1.807) is 0 Å². The van der Waals surface area contributed by atoms with Crippen LogP contribution in [0.4, 0.5) is 8.78 Å². The minimum Gasteiger partial charge on any atom is -0.454 e. The molecule has 0 bridgehead atoms. The number of alkyl halides is 2. The van der Waals surface area contributed by atoms with Gasteiger partial charge in [-0.2, -0.15) is 13.5 Å². The Morgan fingerprint density at radius 3 is 2.23 bits per heavy atom. The molecule has 0 fully saturated rings. The van der Waals surface area contributed by atoms with Crippen molar-refractivity contribution in [3.05, 3.63) is 0 Å². The Labute approximate surface area is 79.0 Å². The monoisotopic (exact) mass is 215 g/mol. The van der Waals surface area contributed by atoms with Crippen LogP contribution >= 0.6 is 12.2 Å². The highest BCUT2D eigenvalue weighted by Gasteiger charge is 2.42. The van der Waals surface area contributed by atoms with E-state index in [9.17, 15) is 13.6 Å². The first-order valence-electron chi connectivity index (χ1n) is 3.38. The molecular formula is C6H11F2NO3S. The summed E-state index contributed by atoms with van der Waals surface area (Å²) in [6.07, 6.45) is 0. The average Bonchev–Trinajstić information content (AvgIpc) is 1.82. The van der Waals surface area contributed by atoms with E-state index in [2.05, 4.69) is 4.74 Å². The van der Waals surface area contributed by atoms with Crippen LogP contribution in [0.2, 0.25) is 0 Å². The van der Waals surface area contributed by atoms with E-state index in [1.807, 2.05) is 0 Å². The first-order chi connectivity index (χ1) is 5.69. The third kappa shape index (κ3) is 5.02. The Morgan fingerprint density at radius 2 is 1.92 bits per heavy atom. The van der Waals surface area contributed by atoms with Crippen molar-refractivity contribution in [2.75, 3.05) is 0 Å². The maximum atomic E-state index is 12.6. The van der Waals surface area contributed by atoms with Gasteiger partial charge < -0.3 is 9.29 Å². The van der Waals surface area contributed by atoms with E-state index in [-0.39, 0.29) is 12.2 Å². The normalized spacial score (nSPS) is 12.8. The first-order valence-corrected chi connectivity index (χ1v) is 4.15. The van der Waals surface area contributed by atoms with Gasteiger partial charge in [0, 0.05) is 0 Å². The molecule has 0 aliphatic rings. The molecule has 78 valence electrons. The molecule has 4 nitrogen and oxygen atoms in total. The van der Waals surface area contributed by atoms with Gasteiger partial charge in [0.05, 0.1) is 12.2 Å². The van der Waals surface area contributed by atoms with Crippen LogP contribution in [-0.4, -0.2) is 22.2 Å². The van der Waals surface area contributed by atoms with Gasteiger partial charge in [-0.15, -0.1) is 0 Å². The van der Waals surface area contributed by atoms with Crippen molar-refractivity contribution in [3.63, 3.8) is 0 Å². The quantitative estimate of drug-likeness (QED) is 0.324. The second-order valence-corrected chi connectivity index (χ2v) is 3.66. The number of hydrogen-bond acceptors (Lipinski definition) is 5. The maximum Gasteiger partial charge on any atom is 0.409 e. The molecular weight excluding hydrogens is 204 g/mol. The fraction of sp³-hybridized carbons (Fsp3) is 0.833. The summed E-state index contributed by atoms with van der Waals surface area (Å²) in [5.41, 5.74) is -0.984. The van der Waals surface area contributed by atoms with Crippen LogP contribution in [0.1, 0.15) is 20.8 Å². The number of rotatable bonds is 3. The number of ether oxygens (including phenoxy) is 1. The number of carbonyl (C=O) groups is 1. The van der Waals surface area contributed by atoms with Gasteiger partial charge in [-0.25, -0.2) is 4.79 Å². The van der Waals surface area contributed by atoms with Gasteiger partial charge in [0.15, 0.2) is 0 Å².